The van der Waals surface area contributed by atoms with E-state index in [1.165, 1.54) is 4.31 Å². The molecule has 2 aromatic carbocycles. The predicted molar refractivity (Wildman–Crippen MR) is 116 cm³/mol. The first-order chi connectivity index (χ1) is 14.6. The number of anilines is 2. The lowest BCUT2D eigenvalue weighted by atomic mass is 9.85. The SMILES string of the molecule is Cc1ccc(S(=O)(=O)N2CC(CC(C)(C)c3noc(=O)[nH]3)Oc3ccc(N)cc32)cc1. The smallest absolute Gasteiger partial charge is 0.438 e. The van der Waals surface area contributed by atoms with Crippen LogP contribution in [0.25, 0.3) is 0 Å². The van der Waals surface area contributed by atoms with Crippen LogP contribution < -0.4 is 20.5 Å². The first-order valence-corrected chi connectivity index (χ1v) is 11.2. The van der Waals surface area contributed by atoms with E-state index in [1.807, 2.05) is 20.8 Å². The summed E-state index contributed by atoms with van der Waals surface area (Å²) in [5, 5.41) is 3.79. The van der Waals surface area contributed by atoms with E-state index in [4.69, 9.17) is 10.5 Å². The second-order valence-electron chi connectivity index (χ2n) is 8.35. The van der Waals surface area contributed by atoms with Gasteiger partial charge in [-0.25, -0.2) is 13.2 Å². The third-order valence-electron chi connectivity index (χ3n) is 5.34. The van der Waals surface area contributed by atoms with E-state index in [-0.39, 0.29) is 11.4 Å². The molecule has 4 rings (SSSR count). The van der Waals surface area contributed by atoms with E-state index in [1.54, 1.807) is 42.5 Å². The molecule has 1 atom stereocenters. The van der Waals surface area contributed by atoms with Crippen LogP contribution in [-0.4, -0.2) is 31.2 Å². The van der Waals surface area contributed by atoms with Gasteiger partial charge in [0.05, 0.1) is 17.1 Å². The zero-order valence-electron chi connectivity index (χ0n) is 17.5. The summed E-state index contributed by atoms with van der Waals surface area (Å²) in [6, 6.07) is 11.6. The molecule has 0 amide bonds. The van der Waals surface area contributed by atoms with Gasteiger partial charge in [0, 0.05) is 11.1 Å². The van der Waals surface area contributed by atoms with Gasteiger partial charge in [-0.2, -0.15) is 0 Å². The summed E-state index contributed by atoms with van der Waals surface area (Å²) in [4.78, 5) is 14.1. The van der Waals surface area contributed by atoms with E-state index in [0.29, 0.717) is 29.4 Å². The predicted octanol–water partition coefficient (Wildman–Crippen LogP) is 2.58. The van der Waals surface area contributed by atoms with Crippen LogP contribution in [-0.2, 0) is 15.4 Å². The average molecular weight is 445 g/mol. The number of nitrogen functional groups attached to an aromatic ring is 1. The van der Waals surface area contributed by atoms with Gasteiger partial charge in [0.1, 0.15) is 11.9 Å². The number of ether oxygens (including phenoxy) is 1. The monoisotopic (exact) mass is 444 g/mol. The van der Waals surface area contributed by atoms with Gasteiger partial charge in [0.25, 0.3) is 10.0 Å². The van der Waals surface area contributed by atoms with Crippen LogP contribution in [0.4, 0.5) is 11.4 Å². The van der Waals surface area contributed by atoms with Crippen molar-refractivity contribution in [2.45, 2.75) is 43.6 Å². The number of aromatic nitrogens is 2. The number of nitrogens with one attached hydrogen (secondary N) is 1. The van der Waals surface area contributed by atoms with E-state index >= 15 is 0 Å². The molecule has 10 heteroatoms. The Balaban J connectivity index is 1.72. The zero-order valence-corrected chi connectivity index (χ0v) is 18.3. The van der Waals surface area contributed by atoms with E-state index in [0.717, 1.165) is 5.56 Å². The normalized spacial score (nSPS) is 16.6. The summed E-state index contributed by atoms with van der Waals surface area (Å²) in [6.45, 7) is 5.73. The van der Waals surface area contributed by atoms with Crippen molar-refractivity contribution in [2.24, 2.45) is 0 Å². The summed E-state index contributed by atoms with van der Waals surface area (Å²) < 4.78 is 39.1. The van der Waals surface area contributed by atoms with Gasteiger partial charge in [0.2, 0.25) is 0 Å². The molecule has 1 aromatic heterocycles. The molecule has 0 saturated carbocycles. The van der Waals surface area contributed by atoms with Gasteiger partial charge in [0.15, 0.2) is 5.82 Å². The fourth-order valence-corrected chi connectivity index (χ4v) is 5.19. The third kappa shape index (κ3) is 4.02. The van der Waals surface area contributed by atoms with Crippen molar-refractivity contribution >= 4 is 21.4 Å². The molecule has 0 fully saturated rings. The lowest BCUT2D eigenvalue weighted by Gasteiger charge is -2.38. The number of hydrogen-bond acceptors (Lipinski definition) is 7. The number of benzene rings is 2. The lowest BCUT2D eigenvalue weighted by Crippen LogP contribution is -2.45. The molecule has 1 aliphatic heterocycles. The van der Waals surface area contributed by atoms with Crippen LogP contribution in [0.15, 0.2) is 56.7 Å². The molecule has 9 nitrogen and oxygen atoms in total. The molecule has 1 unspecified atom stereocenters. The number of aryl methyl sites for hydroxylation is 1. The van der Waals surface area contributed by atoms with Crippen LogP contribution in [0.2, 0.25) is 0 Å². The summed E-state index contributed by atoms with van der Waals surface area (Å²) >= 11 is 0. The minimum atomic E-state index is -3.85. The number of nitrogens with two attached hydrogens (primary N) is 1. The average Bonchev–Trinajstić information content (AvgIpc) is 3.15. The largest absolute Gasteiger partial charge is 0.486 e. The van der Waals surface area contributed by atoms with E-state index in [2.05, 4.69) is 14.7 Å². The first-order valence-electron chi connectivity index (χ1n) is 9.78. The molecule has 0 bridgehead atoms. The number of hydrogen-bond donors (Lipinski definition) is 2. The molecule has 3 N–H and O–H groups in total. The molecule has 2 heterocycles. The molecule has 0 saturated heterocycles. The highest BCUT2D eigenvalue weighted by Gasteiger charge is 2.38. The van der Waals surface area contributed by atoms with Crippen molar-refractivity contribution in [1.29, 1.82) is 0 Å². The van der Waals surface area contributed by atoms with Crippen LogP contribution in [0, 0.1) is 6.92 Å². The Morgan fingerprint density at radius 1 is 1.23 bits per heavy atom. The van der Waals surface area contributed by atoms with Crippen molar-refractivity contribution in [3.63, 3.8) is 0 Å². The number of H-pyrrole nitrogens is 1. The van der Waals surface area contributed by atoms with Crippen LogP contribution in [0.5, 0.6) is 5.75 Å². The quantitative estimate of drug-likeness (QED) is 0.578. The lowest BCUT2D eigenvalue weighted by molar-refractivity contribution is 0.159. The second kappa shape index (κ2) is 7.45. The fraction of sp³-hybridized carbons (Fsp3) is 0.333. The number of rotatable bonds is 5. The number of fused-ring (bicyclic) bond motifs is 1. The topological polar surface area (TPSA) is 132 Å². The summed E-state index contributed by atoms with van der Waals surface area (Å²) in [6.07, 6.45) is -0.106. The first kappa shape index (κ1) is 21.0. The Labute approximate surface area is 179 Å². The number of nitrogens with zero attached hydrogens (tertiary/aromatic N) is 2. The minimum absolute atomic E-state index is 0.0815. The Bertz CT molecular complexity index is 1260. The standard InChI is InChI=1S/C21H24N4O5S/c1-13-4-7-16(8-5-13)31(27,28)25-12-15(29-18-9-6-14(22)10-17(18)25)11-21(2,3)19-23-20(26)30-24-19/h4-10,15H,11-12,22H2,1-3H3,(H,23,24,26). The van der Waals surface area contributed by atoms with Gasteiger partial charge in [-0.15, -0.1) is 0 Å². The zero-order chi connectivity index (χ0) is 22.4. The molecule has 164 valence electrons. The van der Waals surface area contributed by atoms with Gasteiger partial charge in [-0.3, -0.25) is 13.8 Å². The van der Waals surface area contributed by atoms with Gasteiger partial charge in [-0.1, -0.05) is 36.7 Å². The highest BCUT2D eigenvalue weighted by Crippen LogP contribution is 2.40. The maximum atomic E-state index is 13.5. The van der Waals surface area contributed by atoms with Crippen molar-refractivity contribution in [1.82, 2.24) is 10.1 Å². The summed E-state index contributed by atoms with van der Waals surface area (Å²) in [7, 11) is -3.85. The Morgan fingerprint density at radius 3 is 2.58 bits per heavy atom. The summed E-state index contributed by atoms with van der Waals surface area (Å²) in [5.74, 6) is 0.153. The Morgan fingerprint density at radius 2 is 1.94 bits per heavy atom. The van der Waals surface area contributed by atoms with Crippen molar-refractivity contribution in [3.8, 4) is 5.75 Å². The highest BCUT2D eigenvalue weighted by molar-refractivity contribution is 7.92. The fourth-order valence-electron chi connectivity index (χ4n) is 3.69. The third-order valence-corrected chi connectivity index (χ3v) is 7.14. The molecule has 1 aliphatic rings. The highest BCUT2D eigenvalue weighted by atomic mass is 32.2. The van der Waals surface area contributed by atoms with Crippen molar-refractivity contribution in [2.75, 3.05) is 16.6 Å². The van der Waals surface area contributed by atoms with Crippen molar-refractivity contribution < 1.29 is 17.7 Å². The molecular weight excluding hydrogens is 420 g/mol. The van der Waals surface area contributed by atoms with Gasteiger partial charge < -0.3 is 10.5 Å². The molecule has 31 heavy (non-hydrogen) atoms. The van der Waals surface area contributed by atoms with Crippen LogP contribution in [0.1, 0.15) is 31.7 Å². The molecular formula is C21H24N4O5S. The second-order valence-corrected chi connectivity index (χ2v) is 10.2. The van der Waals surface area contributed by atoms with E-state index in [9.17, 15) is 13.2 Å². The molecule has 0 spiro atoms. The van der Waals surface area contributed by atoms with Crippen LogP contribution in [0.3, 0.4) is 0 Å². The van der Waals surface area contributed by atoms with Gasteiger partial charge in [-0.05, 0) is 43.7 Å². The van der Waals surface area contributed by atoms with E-state index < -0.39 is 27.3 Å². The maximum absolute atomic E-state index is 13.5. The number of aromatic amines is 1. The molecule has 0 radical (unpaired) electrons. The Hall–Kier alpha value is -3.27. The van der Waals surface area contributed by atoms with Gasteiger partial charge >= 0.3 is 5.76 Å². The number of sulfonamides is 1. The molecule has 3 aromatic rings. The minimum Gasteiger partial charge on any atom is -0.486 e. The Kier molecular flexibility index (Phi) is 5.04. The maximum Gasteiger partial charge on any atom is 0.438 e. The summed E-state index contributed by atoms with van der Waals surface area (Å²) in [5.41, 5.74) is 7.10. The van der Waals surface area contributed by atoms with Crippen molar-refractivity contribution in [3.05, 3.63) is 64.4 Å². The molecule has 0 aliphatic carbocycles. The van der Waals surface area contributed by atoms with Crippen LogP contribution >= 0.6 is 0 Å².